The van der Waals surface area contributed by atoms with E-state index in [0.717, 1.165) is 38.5 Å². The van der Waals surface area contributed by atoms with Crippen LogP contribution in [0.25, 0.3) is 0 Å². The number of hydrogen-bond donors (Lipinski definition) is 3. The summed E-state index contributed by atoms with van der Waals surface area (Å²) < 4.78 is 5.48. The summed E-state index contributed by atoms with van der Waals surface area (Å²) in [5, 5.41) is 23.3. The number of amides is 1. The third kappa shape index (κ3) is 54.2. The Bertz CT molecular complexity index is 975. The molecule has 0 aliphatic rings. The first-order valence-electron chi connectivity index (χ1n) is 31.3. The van der Waals surface area contributed by atoms with Gasteiger partial charge in [0.1, 0.15) is 0 Å². The standard InChI is InChI=1S/C62H123NO5/c1-3-5-7-9-11-13-15-17-28-31-34-38-42-46-50-54-60(65)59(58-64)63-61(66)55-51-47-43-39-35-32-29-26-24-22-20-18-19-21-23-25-27-30-33-37-41-45-49-53-57-68-62(67)56-52-48-44-40-36-16-14-12-10-8-6-4-2/h59-60,64-65H,3-58H2,1-2H3,(H,63,66). The molecule has 6 nitrogen and oxygen atoms in total. The van der Waals surface area contributed by atoms with Crippen LogP contribution in [0.15, 0.2) is 0 Å². The van der Waals surface area contributed by atoms with Gasteiger partial charge in [-0.3, -0.25) is 9.59 Å². The molecule has 1 amide bonds. The van der Waals surface area contributed by atoms with Crippen LogP contribution in [0.5, 0.6) is 0 Å². The number of aliphatic hydroxyl groups is 2. The SMILES string of the molecule is CCCCCCCCCCCCCCCCCC(O)C(CO)NC(=O)CCCCCCCCCCCCCCCCCCCCCCCCCCOC(=O)CCCCCCCCCCCCCC. The van der Waals surface area contributed by atoms with E-state index in [9.17, 15) is 19.8 Å². The van der Waals surface area contributed by atoms with Crippen LogP contribution in [-0.4, -0.2) is 47.4 Å². The summed E-state index contributed by atoms with van der Waals surface area (Å²) in [6, 6.07) is -0.539. The Balaban J connectivity index is 3.35. The molecule has 0 aromatic heterocycles. The number of ether oxygens (including phenoxy) is 1. The van der Waals surface area contributed by atoms with Crippen LogP contribution in [0.1, 0.15) is 361 Å². The van der Waals surface area contributed by atoms with Crippen LogP contribution in [0.2, 0.25) is 0 Å². The van der Waals surface area contributed by atoms with Crippen molar-refractivity contribution in [1.82, 2.24) is 5.32 Å². The number of carbonyl (C=O) groups excluding carboxylic acids is 2. The number of aliphatic hydroxyl groups excluding tert-OH is 2. The predicted octanol–water partition coefficient (Wildman–Crippen LogP) is 19.5. The van der Waals surface area contributed by atoms with Gasteiger partial charge in [0.05, 0.1) is 25.4 Å². The minimum atomic E-state index is -0.662. The van der Waals surface area contributed by atoms with Crippen molar-refractivity contribution in [2.45, 2.75) is 373 Å². The van der Waals surface area contributed by atoms with Crippen molar-refractivity contribution in [3.05, 3.63) is 0 Å². The molecule has 2 unspecified atom stereocenters. The van der Waals surface area contributed by atoms with Gasteiger partial charge in [0.15, 0.2) is 0 Å². The van der Waals surface area contributed by atoms with E-state index in [2.05, 4.69) is 19.2 Å². The molecule has 0 radical (unpaired) electrons. The largest absolute Gasteiger partial charge is 0.466 e. The van der Waals surface area contributed by atoms with E-state index >= 15 is 0 Å². The van der Waals surface area contributed by atoms with Crippen molar-refractivity contribution in [2.24, 2.45) is 0 Å². The highest BCUT2D eigenvalue weighted by atomic mass is 16.5. The van der Waals surface area contributed by atoms with Gasteiger partial charge >= 0.3 is 5.97 Å². The first-order valence-corrected chi connectivity index (χ1v) is 31.3. The van der Waals surface area contributed by atoms with Gasteiger partial charge in [-0.05, 0) is 25.7 Å². The second kappa shape index (κ2) is 58.4. The van der Waals surface area contributed by atoms with Gasteiger partial charge in [-0.1, -0.05) is 322 Å². The van der Waals surface area contributed by atoms with Crippen LogP contribution in [-0.2, 0) is 14.3 Å². The fraction of sp³-hybridized carbons (Fsp3) is 0.968. The van der Waals surface area contributed by atoms with Crippen molar-refractivity contribution in [1.29, 1.82) is 0 Å². The Morgan fingerprint density at radius 2 is 0.603 bits per heavy atom. The first-order chi connectivity index (χ1) is 33.5. The molecule has 68 heavy (non-hydrogen) atoms. The summed E-state index contributed by atoms with van der Waals surface area (Å²) in [6.45, 7) is 4.98. The molecule has 0 heterocycles. The zero-order valence-corrected chi connectivity index (χ0v) is 46.4. The van der Waals surface area contributed by atoms with E-state index in [-0.39, 0.29) is 18.5 Å². The van der Waals surface area contributed by atoms with E-state index in [1.54, 1.807) is 0 Å². The smallest absolute Gasteiger partial charge is 0.305 e. The summed E-state index contributed by atoms with van der Waals surface area (Å²) in [6.07, 6.45) is 68.3. The van der Waals surface area contributed by atoms with Gasteiger partial charge in [0, 0.05) is 12.8 Å². The normalized spacial score (nSPS) is 12.5. The maximum Gasteiger partial charge on any atom is 0.305 e. The maximum absolute atomic E-state index is 12.5. The molecule has 0 rings (SSSR count). The van der Waals surface area contributed by atoms with Crippen molar-refractivity contribution in [3.63, 3.8) is 0 Å². The number of hydrogen-bond acceptors (Lipinski definition) is 5. The molecule has 3 N–H and O–H groups in total. The van der Waals surface area contributed by atoms with Crippen LogP contribution in [0.3, 0.4) is 0 Å². The molecule has 0 fully saturated rings. The van der Waals surface area contributed by atoms with Gasteiger partial charge < -0.3 is 20.3 Å². The Kier molecular flexibility index (Phi) is 57.5. The van der Waals surface area contributed by atoms with E-state index in [1.807, 2.05) is 0 Å². The molecule has 0 saturated heterocycles. The lowest BCUT2D eigenvalue weighted by molar-refractivity contribution is -0.143. The summed E-state index contributed by atoms with van der Waals surface area (Å²) in [5.41, 5.74) is 0. The predicted molar refractivity (Wildman–Crippen MR) is 297 cm³/mol. The molecule has 0 aromatic carbocycles. The summed E-state index contributed by atoms with van der Waals surface area (Å²) in [4.78, 5) is 24.5. The van der Waals surface area contributed by atoms with Gasteiger partial charge in [0.2, 0.25) is 5.91 Å². The van der Waals surface area contributed by atoms with Gasteiger partial charge in [-0.15, -0.1) is 0 Å². The fourth-order valence-electron chi connectivity index (χ4n) is 10.1. The molecule has 6 heteroatoms. The van der Waals surface area contributed by atoms with Crippen LogP contribution >= 0.6 is 0 Å². The lowest BCUT2D eigenvalue weighted by atomic mass is 10.0. The minimum Gasteiger partial charge on any atom is -0.466 e. The van der Waals surface area contributed by atoms with Crippen LogP contribution < -0.4 is 5.32 Å². The Labute approximate surface area is 426 Å². The second-order valence-corrected chi connectivity index (χ2v) is 21.8. The molecule has 0 bridgehead atoms. The molecule has 0 aliphatic carbocycles. The number of nitrogens with one attached hydrogen (secondary N) is 1. The second-order valence-electron chi connectivity index (χ2n) is 21.8. The average molecular weight is 963 g/mol. The maximum atomic E-state index is 12.5. The molecular weight excluding hydrogens is 839 g/mol. The van der Waals surface area contributed by atoms with E-state index in [4.69, 9.17) is 4.74 Å². The summed E-state index contributed by atoms with van der Waals surface area (Å²) >= 11 is 0. The van der Waals surface area contributed by atoms with Crippen molar-refractivity contribution in [3.8, 4) is 0 Å². The summed E-state index contributed by atoms with van der Waals surface area (Å²) in [7, 11) is 0. The summed E-state index contributed by atoms with van der Waals surface area (Å²) in [5.74, 6) is -0.0136. The Hall–Kier alpha value is -1.14. The van der Waals surface area contributed by atoms with Crippen LogP contribution in [0.4, 0.5) is 0 Å². The Morgan fingerprint density at radius 1 is 0.353 bits per heavy atom. The van der Waals surface area contributed by atoms with Gasteiger partial charge in [0.25, 0.3) is 0 Å². The third-order valence-electron chi connectivity index (χ3n) is 14.9. The zero-order valence-electron chi connectivity index (χ0n) is 46.4. The van der Waals surface area contributed by atoms with Gasteiger partial charge in [-0.25, -0.2) is 0 Å². The highest BCUT2D eigenvalue weighted by Crippen LogP contribution is 2.19. The molecule has 0 spiro atoms. The average Bonchev–Trinajstić information content (AvgIpc) is 3.34. The highest BCUT2D eigenvalue weighted by molar-refractivity contribution is 5.76. The fourth-order valence-corrected chi connectivity index (χ4v) is 10.1. The molecule has 0 aliphatic heterocycles. The topological polar surface area (TPSA) is 95.9 Å². The minimum absolute atomic E-state index is 0.0171. The van der Waals surface area contributed by atoms with Crippen molar-refractivity contribution >= 4 is 11.9 Å². The lowest BCUT2D eigenvalue weighted by Crippen LogP contribution is -2.45. The Morgan fingerprint density at radius 3 is 0.897 bits per heavy atom. The van der Waals surface area contributed by atoms with E-state index in [0.29, 0.717) is 25.9 Å². The number of esters is 1. The molecule has 406 valence electrons. The highest BCUT2D eigenvalue weighted by Gasteiger charge is 2.20. The van der Waals surface area contributed by atoms with E-state index < -0.39 is 12.1 Å². The zero-order chi connectivity index (χ0) is 49.3. The van der Waals surface area contributed by atoms with Crippen molar-refractivity contribution in [2.75, 3.05) is 13.2 Å². The third-order valence-corrected chi connectivity index (χ3v) is 14.9. The first kappa shape index (κ1) is 66.9. The van der Waals surface area contributed by atoms with Crippen LogP contribution in [0, 0.1) is 0 Å². The molecule has 2 atom stereocenters. The molecule has 0 aromatic rings. The monoisotopic (exact) mass is 962 g/mol. The van der Waals surface area contributed by atoms with E-state index in [1.165, 1.54) is 289 Å². The van der Waals surface area contributed by atoms with Crippen molar-refractivity contribution < 1.29 is 24.5 Å². The van der Waals surface area contributed by atoms with Gasteiger partial charge in [-0.2, -0.15) is 0 Å². The number of carbonyl (C=O) groups is 2. The number of rotatable bonds is 59. The quantitative estimate of drug-likeness (QED) is 0.0417. The molecule has 0 saturated carbocycles. The molecular formula is C62H123NO5. The lowest BCUT2D eigenvalue weighted by Gasteiger charge is -2.22. The number of unbranched alkanes of at least 4 members (excludes halogenated alkanes) is 48.